The van der Waals surface area contributed by atoms with Gasteiger partial charge in [0.05, 0.1) is 22.8 Å². The van der Waals surface area contributed by atoms with Gasteiger partial charge in [-0.1, -0.05) is 54.6 Å². The van der Waals surface area contributed by atoms with Crippen molar-refractivity contribution in [1.82, 2.24) is 19.1 Å². The zero-order valence-corrected chi connectivity index (χ0v) is 20.8. The summed E-state index contributed by atoms with van der Waals surface area (Å²) in [5, 5.41) is 6.46. The lowest BCUT2D eigenvalue weighted by Gasteiger charge is -2.07. The van der Waals surface area contributed by atoms with E-state index in [4.69, 9.17) is 0 Å². The minimum atomic E-state index is -4.13. The number of anilines is 1. The van der Waals surface area contributed by atoms with E-state index in [0.29, 0.717) is 23.6 Å². The van der Waals surface area contributed by atoms with Gasteiger partial charge < -0.3 is 0 Å². The van der Waals surface area contributed by atoms with E-state index in [2.05, 4.69) is 9.82 Å². The van der Waals surface area contributed by atoms with Crippen LogP contribution >= 0.6 is 11.3 Å². The molecule has 1 N–H and O–H groups in total. The lowest BCUT2D eigenvalue weighted by atomic mass is 10.2. The molecule has 8 nitrogen and oxygen atoms in total. The molecule has 0 atom stereocenters. The number of benzene rings is 2. The molecular formula is C25H23N5O3S2. The maximum absolute atomic E-state index is 13.6. The van der Waals surface area contributed by atoms with Crippen LogP contribution in [-0.4, -0.2) is 27.6 Å². The molecule has 5 rings (SSSR count). The highest BCUT2D eigenvalue weighted by atomic mass is 32.2. The van der Waals surface area contributed by atoms with Crippen molar-refractivity contribution in [1.29, 1.82) is 0 Å². The van der Waals surface area contributed by atoms with E-state index in [1.54, 1.807) is 35.5 Å². The molecule has 35 heavy (non-hydrogen) atoms. The van der Waals surface area contributed by atoms with Crippen LogP contribution in [-0.2, 0) is 23.6 Å². The molecule has 0 aliphatic carbocycles. The van der Waals surface area contributed by atoms with Gasteiger partial charge >= 0.3 is 0 Å². The SMILES string of the molecule is Cc1c(NS(=O)(=O)c2cn(Cc3ccccc3)nc2-c2cccs2)c(=O)n(-c2ccccc2)n1C. The third-order valence-corrected chi connectivity index (χ3v) is 7.98. The fourth-order valence-corrected chi connectivity index (χ4v) is 5.98. The molecule has 0 aliphatic heterocycles. The number of nitrogens with zero attached hydrogens (tertiary/aromatic N) is 4. The summed E-state index contributed by atoms with van der Waals surface area (Å²) >= 11 is 1.40. The highest BCUT2D eigenvalue weighted by Gasteiger charge is 2.28. The molecule has 178 valence electrons. The molecule has 0 radical (unpaired) electrons. The Morgan fingerprint density at radius 3 is 2.31 bits per heavy atom. The summed E-state index contributed by atoms with van der Waals surface area (Å²) in [5.41, 5.74) is 2.04. The van der Waals surface area contributed by atoms with Crippen LogP contribution in [0.5, 0.6) is 0 Å². The number of hydrogen-bond donors (Lipinski definition) is 1. The highest BCUT2D eigenvalue weighted by Crippen LogP contribution is 2.31. The number of hydrogen-bond acceptors (Lipinski definition) is 5. The number of nitrogens with one attached hydrogen (secondary N) is 1. The van der Waals surface area contributed by atoms with Crippen molar-refractivity contribution in [3.8, 4) is 16.3 Å². The van der Waals surface area contributed by atoms with E-state index in [9.17, 15) is 13.2 Å². The highest BCUT2D eigenvalue weighted by molar-refractivity contribution is 7.92. The van der Waals surface area contributed by atoms with E-state index in [0.717, 1.165) is 10.4 Å². The van der Waals surface area contributed by atoms with Gasteiger partial charge in [-0.15, -0.1) is 11.3 Å². The van der Waals surface area contributed by atoms with Crippen LogP contribution in [0.4, 0.5) is 5.69 Å². The second-order valence-electron chi connectivity index (χ2n) is 8.04. The number of rotatable bonds is 7. The molecule has 5 aromatic rings. The van der Waals surface area contributed by atoms with Crippen molar-refractivity contribution < 1.29 is 8.42 Å². The van der Waals surface area contributed by atoms with Gasteiger partial charge in [0.1, 0.15) is 16.3 Å². The summed E-state index contributed by atoms with van der Waals surface area (Å²) in [5.74, 6) is 0. The Bertz CT molecular complexity index is 1630. The van der Waals surface area contributed by atoms with Crippen molar-refractivity contribution in [2.24, 2.45) is 7.05 Å². The monoisotopic (exact) mass is 505 g/mol. The van der Waals surface area contributed by atoms with Gasteiger partial charge in [-0.3, -0.25) is 18.9 Å². The maximum Gasteiger partial charge on any atom is 0.296 e. The minimum Gasteiger partial charge on any atom is -0.283 e. The van der Waals surface area contributed by atoms with E-state index in [-0.39, 0.29) is 10.6 Å². The standard InChI is InChI=1S/C25H23N5O3S2/c1-18-23(25(31)30(28(18)2)20-12-7-4-8-13-20)27-35(32,33)22-17-29(16-19-10-5-3-6-11-19)26-24(22)21-14-9-15-34-21/h3-15,17,27H,16H2,1-2H3. The van der Waals surface area contributed by atoms with Gasteiger partial charge in [0, 0.05) is 13.2 Å². The number of thiophene rings is 1. The summed E-state index contributed by atoms with van der Waals surface area (Å²) in [7, 11) is -2.41. The normalized spacial score (nSPS) is 11.6. The van der Waals surface area contributed by atoms with Crippen LogP contribution in [0.3, 0.4) is 0 Å². The van der Waals surface area contributed by atoms with E-state index >= 15 is 0 Å². The van der Waals surface area contributed by atoms with E-state index in [1.165, 1.54) is 22.2 Å². The molecule has 0 saturated carbocycles. The van der Waals surface area contributed by atoms with Crippen LogP contribution in [0.25, 0.3) is 16.3 Å². The average molecular weight is 506 g/mol. The fourth-order valence-electron chi connectivity index (χ4n) is 3.91. The summed E-state index contributed by atoms with van der Waals surface area (Å²) in [6.45, 7) is 2.12. The lowest BCUT2D eigenvalue weighted by molar-refractivity contribution is 0.601. The first-order valence-corrected chi connectivity index (χ1v) is 13.2. The van der Waals surface area contributed by atoms with Crippen molar-refractivity contribution in [3.63, 3.8) is 0 Å². The third kappa shape index (κ3) is 4.33. The average Bonchev–Trinajstić information content (AvgIpc) is 3.57. The van der Waals surface area contributed by atoms with Gasteiger partial charge in [0.2, 0.25) is 0 Å². The predicted molar refractivity (Wildman–Crippen MR) is 138 cm³/mol. The van der Waals surface area contributed by atoms with Gasteiger partial charge in [-0.2, -0.15) is 5.10 Å². The Labute approximate surface area is 206 Å². The largest absolute Gasteiger partial charge is 0.296 e. The van der Waals surface area contributed by atoms with E-state index < -0.39 is 15.6 Å². The number of aromatic nitrogens is 4. The summed E-state index contributed by atoms with van der Waals surface area (Å²) in [6.07, 6.45) is 1.51. The molecule has 3 heterocycles. The molecule has 0 bridgehead atoms. The lowest BCUT2D eigenvalue weighted by Crippen LogP contribution is -2.23. The summed E-state index contributed by atoms with van der Waals surface area (Å²) in [4.78, 5) is 14.0. The second kappa shape index (κ2) is 9.05. The quantitative estimate of drug-likeness (QED) is 0.358. The Morgan fingerprint density at radius 2 is 1.66 bits per heavy atom. The predicted octanol–water partition coefficient (Wildman–Crippen LogP) is 4.26. The zero-order chi connectivity index (χ0) is 24.6. The fraction of sp³-hybridized carbons (Fsp3) is 0.120. The maximum atomic E-state index is 13.6. The summed E-state index contributed by atoms with van der Waals surface area (Å²) in [6, 6.07) is 22.4. The molecule has 0 saturated heterocycles. The Hall–Kier alpha value is -3.89. The molecule has 2 aromatic carbocycles. The van der Waals surface area contributed by atoms with Gasteiger partial charge in [0.15, 0.2) is 0 Å². The van der Waals surface area contributed by atoms with Crippen molar-refractivity contribution in [3.05, 3.63) is 106 Å². The molecule has 10 heteroatoms. The van der Waals surface area contributed by atoms with Crippen LogP contribution in [0, 0.1) is 6.92 Å². The first kappa shape index (κ1) is 22.9. The van der Waals surface area contributed by atoms with Crippen molar-refractivity contribution >= 4 is 27.0 Å². The third-order valence-electron chi connectivity index (χ3n) is 5.75. The zero-order valence-electron chi connectivity index (χ0n) is 19.1. The molecular weight excluding hydrogens is 482 g/mol. The minimum absolute atomic E-state index is 0.00397. The van der Waals surface area contributed by atoms with E-state index in [1.807, 2.05) is 66.0 Å². The summed E-state index contributed by atoms with van der Waals surface area (Å²) < 4.78 is 34.5. The first-order chi connectivity index (χ1) is 16.8. The van der Waals surface area contributed by atoms with Gasteiger partial charge in [-0.05, 0) is 36.1 Å². The topological polar surface area (TPSA) is 90.9 Å². The molecule has 0 spiro atoms. The Balaban J connectivity index is 1.57. The Morgan fingerprint density at radius 1 is 0.971 bits per heavy atom. The molecule has 0 fully saturated rings. The van der Waals surface area contributed by atoms with Crippen molar-refractivity contribution in [2.75, 3.05) is 4.72 Å². The molecule has 0 amide bonds. The van der Waals surface area contributed by atoms with Crippen LogP contribution in [0.15, 0.2) is 94.1 Å². The Kier molecular flexibility index (Phi) is 5.91. The van der Waals surface area contributed by atoms with Gasteiger partial charge in [-0.25, -0.2) is 13.1 Å². The first-order valence-electron chi connectivity index (χ1n) is 10.9. The molecule has 3 aromatic heterocycles. The second-order valence-corrected chi connectivity index (χ2v) is 10.6. The molecule has 0 aliphatic rings. The van der Waals surface area contributed by atoms with Gasteiger partial charge in [0.25, 0.3) is 15.6 Å². The van der Waals surface area contributed by atoms with Crippen LogP contribution < -0.4 is 10.3 Å². The van der Waals surface area contributed by atoms with Crippen LogP contribution in [0.2, 0.25) is 0 Å². The smallest absolute Gasteiger partial charge is 0.283 e. The number of sulfonamides is 1. The molecule has 0 unspecified atom stereocenters. The number of para-hydroxylation sites is 1. The van der Waals surface area contributed by atoms with Crippen LogP contribution in [0.1, 0.15) is 11.3 Å². The van der Waals surface area contributed by atoms with Crippen molar-refractivity contribution in [2.45, 2.75) is 18.4 Å².